The van der Waals surface area contributed by atoms with Crippen molar-refractivity contribution in [1.82, 2.24) is 0 Å². The van der Waals surface area contributed by atoms with Gasteiger partial charge in [-0.1, -0.05) is 0 Å². The molecule has 0 amide bonds. The average molecular weight is 608 g/mol. The van der Waals surface area contributed by atoms with Gasteiger partial charge in [0.05, 0.1) is 0 Å². The number of benzene rings is 2. The van der Waals surface area contributed by atoms with Crippen LogP contribution >= 0.6 is 0 Å². The van der Waals surface area contributed by atoms with Gasteiger partial charge in [-0.25, -0.2) is 0 Å². The predicted octanol–water partition coefficient (Wildman–Crippen LogP) is 1.42. The van der Waals surface area contributed by atoms with Gasteiger partial charge in [-0.05, 0) is 0 Å². The number of rotatable bonds is 7. The molecule has 0 radical (unpaired) electrons. The molecule has 0 saturated carbocycles. The molecule has 0 unspecified atom stereocenters. The molecule has 0 atom stereocenters. The van der Waals surface area contributed by atoms with E-state index in [1.807, 2.05) is 0 Å². The van der Waals surface area contributed by atoms with Crippen molar-refractivity contribution < 1.29 is 51.5 Å². The second-order valence-electron chi connectivity index (χ2n) is 5.03. The van der Waals surface area contributed by atoms with E-state index in [4.69, 9.17) is 0 Å². The van der Waals surface area contributed by atoms with Crippen LogP contribution in [0.1, 0.15) is 0 Å². The van der Waals surface area contributed by atoms with Gasteiger partial charge in [-0.2, -0.15) is 0 Å². The first-order valence-corrected chi connectivity index (χ1v) is 16.0. The number of alkyl halides is 6. The number of hydrogen-bond donors (Lipinski definition) is 0. The summed E-state index contributed by atoms with van der Waals surface area (Å²) in [6, 6.07) is 9.84. The summed E-state index contributed by atoms with van der Waals surface area (Å²) in [5.41, 5.74) is -11.3. The summed E-state index contributed by atoms with van der Waals surface area (Å²) in [5.74, 6) is -1.17. The van der Waals surface area contributed by atoms with Crippen molar-refractivity contribution in [2.45, 2.75) is 11.0 Å². The summed E-state index contributed by atoms with van der Waals surface area (Å²) in [7, 11) is -11.8. The Balaban J connectivity index is 2.26. The van der Waals surface area contributed by atoms with Crippen LogP contribution in [0.4, 0.5) is 26.3 Å². The fourth-order valence-electron chi connectivity index (χ4n) is 1.60. The molecule has 0 aliphatic carbocycles. The van der Waals surface area contributed by atoms with Crippen LogP contribution in [0.2, 0.25) is 0 Å². The van der Waals surface area contributed by atoms with Crippen molar-refractivity contribution in [1.29, 1.82) is 0 Å². The van der Waals surface area contributed by atoms with E-state index < -0.39 is 69.0 Å². The first kappa shape index (κ1) is 24.8. The van der Waals surface area contributed by atoms with Crippen LogP contribution in [0.5, 0.6) is 11.5 Å². The van der Waals surface area contributed by atoms with Crippen LogP contribution in [0, 0.1) is 0 Å². The summed E-state index contributed by atoms with van der Waals surface area (Å²) < 4.78 is 129. The quantitative estimate of drug-likeness (QED) is 0.205. The molecule has 0 heterocycles. The van der Waals surface area contributed by atoms with Crippen LogP contribution in [0.25, 0.3) is 0 Å². The summed E-state index contributed by atoms with van der Waals surface area (Å²) in [6.07, 6.45) is 0. The molecule has 0 spiro atoms. The molecule has 0 aliphatic heterocycles. The summed E-state index contributed by atoms with van der Waals surface area (Å²) in [4.78, 5) is 0. The van der Waals surface area contributed by atoms with E-state index in [0.29, 0.717) is 0 Å². The Kier molecular flexibility index (Phi) is 7.42. The Labute approximate surface area is 177 Å². The second kappa shape index (κ2) is 8.97. The molecule has 30 heavy (non-hydrogen) atoms. The number of halogens is 6. The summed E-state index contributed by atoms with van der Waals surface area (Å²) in [5, 5.41) is 0. The van der Waals surface area contributed by atoms with Gasteiger partial charge < -0.3 is 0 Å². The molecule has 0 saturated heterocycles. The Morgan fingerprint density at radius 1 is 0.600 bits per heavy atom. The van der Waals surface area contributed by atoms with E-state index in [9.17, 15) is 43.2 Å². The first-order valence-electron chi connectivity index (χ1n) is 7.18. The molecular weight excluding hydrogens is 600 g/mol. The average Bonchev–Trinajstić information content (AvgIpc) is 2.59. The Morgan fingerprint density at radius 2 is 0.900 bits per heavy atom. The molecule has 2 rings (SSSR count). The van der Waals surface area contributed by atoms with Crippen LogP contribution in [0.15, 0.2) is 48.5 Å². The van der Waals surface area contributed by atoms with Gasteiger partial charge in [-0.15, -0.1) is 0 Å². The second-order valence-corrected chi connectivity index (χ2v) is 14.3. The van der Waals surface area contributed by atoms with Gasteiger partial charge in [0.1, 0.15) is 0 Å². The van der Waals surface area contributed by atoms with E-state index in [1.54, 1.807) is 0 Å². The topological polar surface area (TPSA) is 86.7 Å². The molecule has 0 bridgehead atoms. The maximum absolute atomic E-state index is 12.5. The molecule has 0 fully saturated rings. The van der Waals surface area contributed by atoms with Gasteiger partial charge in [0.25, 0.3) is 0 Å². The van der Waals surface area contributed by atoms with Crippen molar-refractivity contribution in [3.63, 3.8) is 0 Å². The first-order chi connectivity index (χ1) is 13.6. The van der Waals surface area contributed by atoms with Gasteiger partial charge in [0.2, 0.25) is 0 Å². The molecule has 6 nitrogen and oxygen atoms in total. The fourth-order valence-corrected chi connectivity index (χ4v) is 9.49. The van der Waals surface area contributed by atoms with Crippen LogP contribution in [-0.4, -0.2) is 54.1 Å². The molecule has 0 N–H and O–H groups in total. The van der Waals surface area contributed by atoms with Crippen LogP contribution in [-0.2, 0) is 20.2 Å². The molecule has 2 aromatic carbocycles. The maximum atomic E-state index is 12.5. The summed E-state index contributed by atoms with van der Waals surface area (Å²) >= 11 is -1.60. The summed E-state index contributed by atoms with van der Waals surface area (Å²) in [6.45, 7) is 0. The van der Waals surface area contributed by atoms with Crippen molar-refractivity contribution in [3.05, 3.63) is 48.5 Å². The zero-order valence-corrected chi connectivity index (χ0v) is 19.0. The standard InChI is InChI=1S/C14H8F6O6S2Se2/c15-13(16,17)27(21,22)25-9-5-1-3-7-11(9)29-30-12-8-4-2-6-10(12)26-28(23,24)14(18,19)20/h1-8H. The van der Waals surface area contributed by atoms with Crippen molar-refractivity contribution in [3.8, 4) is 11.5 Å². The zero-order valence-electron chi connectivity index (χ0n) is 14.0. The fraction of sp³-hybridized carbons (Fsp3) is 0.143. The van der Waals surface area contributed by atoms with Crippen molar-refractivity contribution >= 4 is 55.4 Å². The van der Waals surface area contributed by atoms with Crippen LogP contribution < -0.4 is 17.3 Å². The molecule has 2 aromatic rings. The normalized spacial score (nSPS) is 13.1. The van der Waals surface area contributed by atoms with Gasteiger partial charge in [-0.3, -0.25) is 0 Å². The van der Waals surface area contributed by atoms with E-state index in [-0.39, 0.29) is 8.92 Å². The number of para-hydroxylation sites is 2. The molecular formula is C14H8F6O6S2Se2. The molecule has 166 valence electrons. The van der Waals surface area contributed by atoms with E-state index in [2.05, 4.69) is 8.37 Å². The van der Waals surface area contributed by atoms with Gasteiger partial charge in [0.15, 0.2) is 0 Å². The third-order valence-electron chi connectivity index (χ3n) is 2.89. The third kappa shape index (κ3) is 6.05. The third-order valence-corrected chi connectivity index (χ3v) is 12.0. The van der Waals surface area contributed by atoms with Gasteiger partial charge in [0, 0.05) is 0 Å². The Bertz CT molecular complexity index is 1030. The molecule has 0 aliphatic rings. The Hall–Kier alpha value is -1.44. The Morgan fingerprint density at radius 3 is 1.20 bits per heavy atom. The number of hydrogen-bond acceptors (Lipinski definition) is 6. The monoisotopic (exact) mass is 610 g/mol. The van der Waals surface area contributed by atoms with Crippen LogP contribution in [0.3, 0.4) is 0 Å². The zero-order chi connectivity index (χ0) is 22.8. The van der Waals surface area contributed by atoms with Gasteiger partial charge >= 0.3 is 178 Å². The van der Waals surface area contributed by atoms with E-state index in [1.165, 1.54) is 36.4 Å². The molecule has 16 heteroatoms. The molecule has 0 aromatic heterocycles. The predicted molar refractivity (Wildman–Crippen MR) is 94.9 cm³/mol. The van der Waals surface area contributed by atoms with Crippen molar-refractivity contribution in [2.24, 2.45) is 0 Å². The van der Waals surface area contributed by atoms with E-state index in [0.717, 1.165) is 12.1 Å². The minimum atomic E-state index is -5.92. The minimum absolute atomic E-state index is 0.0753. The SMILES string of the molecule is O=S(=O)(Oc1ccccc1[Se][Se]c1ccccc1OS(=O)(=O)C(F)(F)F)C(F)(F)F. The van der Waals surface area contributed by atoms with E-state index >= 15 is 0 Å². The van der Waals surface area contributed by atoms with Crippen molar-refractivity contribution in [2.75, 3.05) is 0 Å².